The van der Waals surface area contributed by atoms with Crippen molar-refractivity contribution in [2.24, 2.45) is 5.92 Å². The van der Waals surface area contributed by atoms with Crippen LogP contribution >= 0.6 is 12.2 Å². The summed E-state index contributed by atoms with van der Waals surface area (Å²) in [6.45, 7) is 4.40. The summed E-state index contributed by atoms with van der Waals surface area (Å²) < 4.78 is 0. The normalized spacial score (nSPS) is 30.5. The molecule has 1 aliphatic rings. The van der Waals surface area contributed by atoms with Crippen LogP contribution in [0.3, 0.4) is 0 Å². The third kappa shape index (κ3) is 2.30. The molecule has 0 spiro atoms. The zero-order valence-electron chi connectivity index (χ0n) is 9.49. The van der Waals surface area contributed by atoms with E-state index in [0.717, 1.165) is 24.3 Å². The van der Waals surface area contributed by atoms with Crippen molar-refractivity contribution in [1.29, 1.82) is 0 Å². The lowest BCUT2D eigenvalue weighted by atomic mass is 9.68. The second-order valence-corrected chi connectivity index (χ2v) is 4.73. The van der Waals surface area contributed by atoms with Gasteiger partial charge in [-0.15, -0.1) is 0 Å². The summed E-state index contributed by atoms with van der Waals surface area (Å²) in [5.41, 5.74) is 0. The Morgan fingerprint density at radius 3 is 2.71 bits per heavy atom. The Balaban J connectivity index is 2.71. The molecule has 1 nitrogen and oxygen atoms in total. The molecule has 0 aromatic rings. The zero-order chi connectivity index (χ0) is 10.7. The molecular weight excluding hydrogens is 189 g/mol. The Labute approximate surface area is 94.7 Å². The predicted molar refractivity (Wildman–Crippen MR) is 67.0 cm³/mol. The topological polar surface area (TPSA) is 3.24 Å². The van der Waals surface area contributed by atoms with E-state index in [0.29, 0.717) is 17.8 Å². The van der Waals surface area contributed by atoms with Crippen LogP contribution in [0.4, 0.5) is 0 Å². The molecule has 0 aromatic heterocycles. The zero-order valence-corrected chi connectivity index (χ0v) is 10.3. The Morgan fingerprint density at radius 2 is 2.21 bits per heavy atom. The highest BCUT2D eigenvalue weighted by molar-refractivity contribution is 7.80. The molecular formula is C11H20BNS. The van der Waals surface area contributed by atoms with E-state index >= 15 is 0 Å². The Kier molecular flexibility index (Phi) is 4.43. The first kappa shape index (κ1) is 12.0. The largest absolute Gasteiger partial charge is 0.366 e. The molecule has 1 rings (SSSR count). The van der Waals surface area contributed by atoms with E-state index in [1.807, 2.05) is 0 Å². The van der Waals surface area contributed by atoms with Gasteiger partial charge >= 0.3 is 0 Å². The minimum atomic E-state index is 0.338. The van der Waals surface area contributed by atoms with Crippen molar-refractivity contribution >= 4 is 25.1 Å². The highest BCUT2D eigenvalue weighted by Crippen LogP contribution is 2.35. The molecule has 0 saturated carbocycles. The monoisotopic (exact) mass is 209 g/mol. The predicted octanol–water partition coefficient (Wildman–Crippen LogP) is 2.80. The molecule has 0 aliphatic carbocycles. The van der Waals surface area contributed by atoms with Gasteiger partial charge in [0, 0.05) is 13.1 Å². The third-order valence-corrected chi connectivity index (χ3v) is 4.01. The van der Waals surface area contributed by atoms with Gasteiger partial charge in [-0.3, -0.25) is 0 Å². The standard InChI is InChI=1S/C11H20BNS/c1-4-9(12)8-6-7-11(14)13(3)10(8)5-2/h8-10H,4-7H2,1-3H3. The van der Waals surface area contributed by atoms with Crippen LogP contribution in [0.25, 0.3) is 0 Å². The summed E-state index contributed by atoms with van der Waals surface area (Å²) >= 11 is 5.33. The van der Waals surface area contributed by atoms with Crippen LogP contribution in [0.15, 0.2) is 0 Å². The molecule has 78 valence electrons. The Morgan fingerprint density at radius 1 is 1.57 bits per heavy atom. The van der Waals surface area contributed by atoms with Crippen molar-refractivity contribution in [2.45, 2.75) is 51.4 Å². The minimum absolute atomic E-state index is 0.338. The van der Waals surface area contributed by atoms with Gasteiger partial charge in [0.1, 0.15) is 0 Å². The fraction of sp³-hybridized carbons (Fsp3) is 0.909. The van der Waals surface area contributed by atoms with Crippen molar-refractivity contribution in [3.8, 4) is 0 Å². The minimum Gasteiger partial charge on any atom is -0.366 e. The second-order valence-electron chi connectivity index (χ2n) is 4.25. The molecule has 0 bridgehead atoms. The molecule has 0 N–H and O–H groups in total. The van der Waals surface area contributed by atoms with Gasteiger partial charge in [-0.1, -0.05) is 38.3 Å². The van der Waals surface area contributed by atoms with E-state index in [1.165, 1.54) is 6.42 Å². The van der Waals surface area contributed by atoms with Crippen LogP contribution < -0.4 is 0 Å². The maximum absolute atomic E-state index is 6.15. The van der Waals surface area contributed by atoms with Gasteiger partial charge < -0.3 is 4.90 Å². The first-order valence-corrected chi connectivity index (χ1v) is 6.03. The van der Waals surface area contributed by atoms with Gasteiger partial charge in [-0.25, -0.2) is 0 Å². The number of piperidine rings is 1. The first-order chi connectivity index (χ1) is 6.61. The van der Waals surface area contributed by atoms with Crippen molar-refractivity contribution in [3.05, 3.63) is 0 Å². The number of hydrogen-bond donors (Lipinski definition) is 0. The lowest BCUT2D eigenvalue weighted by molar-refractivity contribution is 0.204. The quantitative estimate of drug-likeness (QED) is 0.519. The Bertz CT molecular complexity index is 207. The summed E-state index contributed by atoms with van der Waals surface area (Å²) in [5, 5.41) is 0. The van der Waals surface area contributed by atoms with E-state index in [9.17, 15) is 0 Å². The van der Waals surface area contributed by atoms with Crippen LogP contribution in [0.2, 0.25) is 5.82 Å². The lowest BCUT2D eigenvalue weighted by Crippen LogP contribution is -2.46. The Hall–Kier alpha value is -0.0451. The second kappa shape index (κ2) is 5.15. The van der Waals surface area contributed by atoms with Gasteiger partial charge in [-0.2, -0.15) is 0 Å². The molecule has 14 heavy (non-hydrogen) atoms. The molecule has 1 saturated heterocycles. The van der Waals surface area contributed by atoms with Crippen molar-refractivity contribution in [3.63, 3.8) is 0 Å². The molecule has 1 fully saturated rings. The fourth-order valence-corrected chi connectivity index (χ4v) is 2.76. The lowest BCUT2D eigenvalue weighted by Gasteiger charge is -2.43. The van der Waals surface area contributed by atoms with Gasteiger partial charge in [-0.05, 0) is 25.2 Å². The van der Waals surface area contributed by atoms with Crippen LogP contribution in [-0.2, 0) is 0 Å². The highest BCUT2D eigenvalue weighted by atomic mass is 32.1. The summed E-state index contributed by atoms with van der Waals surface area (Å²) in [6, 6.07) is 0.561. The number of nitrogens with zero attached hydrogens (tertiary/aromatic N) is 1. The maximum Gasteiger partial charge on any atom is 0.0779 e. The molecule has 3 atom stereocenters. The van der Waals surface area contributed by atoms with Crippen molar-refractivity contribution < 1.29 is 0 Å². The van der Waals surface area contributed by atoms with E-state index in [-0.39, 0.29) is 0 Å². The third-order valence-electron chi connectivity index (χ3n) is 3.52. The molecule has 3 unspecified atom stereocenters. The molecule has 2 radical (unpaired) electrons. The van der Waals surface area contributed by atoms with Crippen molar-refractivity contribution in [2.75, 3.05) is 7.05 Å². The SMILES string of the molecule is [B]C(CC)C1CCC(=S)N(C)C1CC. The van der Waals surface area contributed by atoms with Crippen LogP contribution in [0.1, 0.15) is 39.5 Å². The molecule has 1 heterocycles. The molecule has 0 aromatic carbocycles. The van der Waals surface area contributed by atoms with E-state index in [4.69, 9.17) is 20.1 Å². The average molecular weight is 209 g/mol. The van der Waals surface area contributed by atoms with E-state index in [1.54, 1.807) is 0 Å². The molecule has 0 amide bonds. The summed E-state index contributed by atoms with van der Waals surface area (Å²) in [6.07, 6.45) is 4.44. The number of thiocarbonyl (C=S) groups is 1. The maximum atomic E-state index is 6.15. The van der Waals surface area contributed by atoms with Gasteiger partial charge in [0.2, 0.25) is 0 Å². The van der Waals surface area contributed by atoms with Gasteiger partial charge in [0.15, 0.2) is 0 Å². The summed E-state index contributed by atoms with van der Waals surface area (Å²) in [4.78, 5) is 3.37. The number of likely N-dealkylation sites (tertiary alicyclic amines) is 1. The van der Waals surface area contributed by atoms with E-state index < -0.39 is 0 Å². The van der Waals surface area contributed by atoms with Crippen LogP contribution in [0.5, 0.6) is 0 Å². The van der Waals surface area contributed by atoms with E-state index in [2.05, 4.69) is 25.8 Å². The number of hydrogen-bond acceptors (Lipinski definition) is 1. The fourth-order valence-electron chi connectivity index (χ4n) is 2.51. The number of rotatable bonds is 3. The van der Waals surface area contributed by atoms with Crippen LogP contribution in [-0.4, -0.2) is 30.8 Å². The summed E-state index contributed by atoms with van der Waals surface area (Å²) in [7, 11) is 8.27. The summed E-state index contributed by atoms with van der Waals surface area (Å²) in [5.74, 6) is 0.965. The van der Waals surface area contributed by atoms with Crippen LogP contribution in [0, 0.1) is 5.92 Å². The van der Waals surface area contributed by atoms with Gasteiger partial charge in [0.25, 0.3) is 0 Å². The smallest absolute Gasteiger partial charge is 0.0779 e. The highest BCUT2D eigenvalue weighted by Gasteiger charge is 2.32. The average Bonchev–Trinajstić information content (AvgIpc) is 2.20. The molecule has 1 aliphatic heterocycles. The van der Waals surface area contributed by atoms with Crippen molar-refractivity contribution in [1.82, 2.24) is 4.90 Å². The first-order valence-electron chi connectivity index (χ1n) is 5.63. The molecule has 3 heteroatoms. The van der Waals surface area contributed by atoms with Gasteiger partial charge in [0.05, 0.1) is 12.8 Å².